The van der Waals surface area contributed by atoms with Crippen molar-refractivity contribution >= 4 is 29.3 Å². The average Bonchev–Trinajstić information content (AvgIpc) is 2.55. The zero-order chi connectivity index (χ0) is 16.8. The van der Waals surface area contributed by atoms with Gasteiger partial charge in [-0.05, 0) is 35.7 Å². The van der Waals surface area contributed by atoms with Gasteiger partial charge < -0.3 is 10.1 Å². The molecule has 2 rings (SSSR count). The van der Waals surface area contributed by atoms with E-state index in [4.69, 9.17) is 16.3 Å². The number of nitrogens with one attached hydrogen (secondary N) is 1. The Balaban J connectivity index is 1.85. The molecule has 1 aromatic heterocycles. The van der Waals surface area contributed by atoms with Gasteiger partial charge in [0.2, 0.25) is 0 Å². The number of anilines is 1. The highest BCUT2D eigenvalue weighted by Gasteiger charge is 2.11. The number of benzene rings is 1. The third-order valence-corrected chi connectivity index (χ3v) is 3.37. The number of rotatable bonds is 5. The fourth-order valence-electron chi connectivity index (χ4n) is 1.85. The molecule has 0 aliphatic rings. The average molecular weight is 333 g/mol. The number of hydrogen-bond acceptors (Lipinski definition) is 4. The van der Waals surface area contributed by atoms with Crippen LogP contribution >= 0.6 is 11.6 Å². The minimum absolute atomic E-state index is 0.344. The number of esters is 1. The van der Waals surface area contributed by atoms with Gasteiger partial charge in [0.25, 0.3) is 5.91 Å². The number of halogens is 1. The van der Waals surface area contributed by atoms with Crippen LogP contribution in [-0.2, 0) is 9.53 Å². The number of amides is 1. The van der Waals surface area contributed by atoms with Crippen LogP contribution in [0.15, 0.2) is 42.6 Å². The number of hydrogen-bond donors (Lipinski definition) is 1. The molecule has 6 heteroatoms. The molecule has 1 amide bonds. The van der Waals surface area contributed by atoms with Crippen molar-refractivity contribution in [2.24, 2.45) is 0 Å². The Labute approximate surface area is 139 Å². The first-order valence-electron chi connectivity index (χ1n) is 7.14. The smallest absolute Gasteiger partial charge is 0.338 e. The highest BCUT2D eigenvalue weighted by atomic mass is 35.5. The van der Waals surface area contributed by atoms with Gasteiger partial charge in [-0.3, -0.25) is 4.79 Å². The first-order chi connectivity index (χ1) is 11.0. The van der Waals surface area contributed by atoms with E-state index in [1.807, 2.05) is 12.1 Å². The molecule has 0 saturated carbocycles. The Kier molecular flexibility index (Phi) is 5.71. The Morgan fingerprint density at radius 1 is 1.17 bits per heavy atom. The molecule has 0 aliphatic heterocycles. The molecule has 0 aliphatic carbocycles. The van der Waals surface area contributed by atoms with E-state index in [2.05, 4.69) is 24.1 Å². The molecule has 0 fully saturated rings. The van der Waals surface area contributed by atoms with Crippen LogP contribution in [0.1, 0.15) is 35.7 Å². The fourth-order valence-corrected chi connectivity index (χ4v) is 1.96. The molecule has 0 radical (unpaired) electrons. The lowest BCUT2D eigenvalue weighted by atomic mass is 10.0. The Morgan fingerprint density at radius 2 is 1.87 bits per heavy atom. The summed E-state index contributed by atoms with van der Waals surface area (Å²) in [4.78, 5) is 27.5. The summed E-state index contributed by atoms with van der Waals surface area (Å²) in [7, 11) is 0. The second kappa shape index (κ2) is 7.74. The second-order valence-electron chi connectivity index (χ2n) is 5.26. The van der Waals surface area contributed by atoms with Gasteiger partial charge in [0, 0.05) is 6.20 Å². The van der Waals surface area contributed by atoms with Gasteiger partial charge in [-0.1, -0.05) is 37.6 Å². The number of carbonyl (C=O) groups excluding carboxylic acids is 2. The van der Waals surface area contributed by atoms with Gasteiger partial charge in [-0.2, -0.15) is 0 Å². The van der Waals surface area contributed by atoms with Gasteiger partial charge in [0.05, 0.1) is 10.6 Å². The van der Waals surface area contributed by atoms with Gasteiger partial charge >= 0.3 is 5.97 Å². The van der Waals surface area contributed by atoms with Crippen LogP contribution in [0.2, 0.25) is 5.02 Å². The Hall–Kier alpha value is -2.40. The minimum atomic E-state index is -0.542. The van der Waals surface area contributed by atoms with Gasteiger partial charge in [0.15, 0.2) is 6.61 Å². The predicted octanol–water partition coefficient (Wildman–Crippen LogP) is 3.65. The Morgan fingerprint density at radius 3 is 2.43 bits per heavy atom. The van der Waals surface area contributed by atoms with Crippen molar-refractivity contribution in [3.05, 3.63) is 58.7 Å². The van der Waals surface area contributed by atoms with Gasteiger partial charge in [-0.15, -0.1) is 0 Å². The van der Waals surface area contributed by atoms with Crippen molar-refractivity contribution in [1.29, 1.82) is 0 Å². The predicted molar refractivity (Wildman–Crippen MR) is 88.7 cm³/mol. The molecule has 1 N–H and O–H groups in total. The molecule has 0 atom stereocenters. The summed E-state index contributed by atoms with van der Waals surface area (Å²) in [6, 6.07) is 10.3. The van der Waals surface area contributed by atoms with Crippen LogP contribution < -0.4 is 5.32 Å². The molecule has 120 valence electrons. The van der Waals surface area contributed by atoms with Crippen molar-refractivity contribution in [3.8, 4) is 0 Å². The molecule has 23 heavy (non-hydrogen) atoms. The monoisotopic (exact) mass is 332 g/mol. The van der Waals surface area contributed by atoms with E-state index >= 15 is 0 Å². The zero-order valence-electron chi connectivity index (χ0n) is 12.9. The summed E-state index contributed by atoms with van der Waals surface area (Å²) in [6.07, 6.45) is 1.42. The maximum atomic E-state index is 11.9. The number of nitrogens with zero attached hydrogens (tertiary/aromatic N) is 1. The molecule has 0 saturated heterocycles. The van der Waals surface area contributed by atoms with E-state index in [0.717, 1.165) is 5.56 Å². The highest BCUT2D eigenvalue weighted by Crippen LogP contribution is 2.15. The third-order valence-electron chi connectivity index (χ3n) is 3.14. The lowest BCUT2D eigenvalue weighted by Gasteiger charge is -2.08. The lowest BCUT2D eigenvalue weighted by molar-refractivity contribution is -0.119. The molecule has 0 unspecified atom stereocenters. The van der Waals surface area contributed by atoms with E-state index in [1.54, 1.807) is 24.3 Å². The van der Waals surface area contributed by atoms with E-state index in [1.165, 1.54) is 6.20 Å². The number of carbonyl (C=O) groups is 2. The van der Waals surface area contributed by atoms with Crippen LogP contribution in [0.5, 0.6) is 0 Å². The molecule has 2 aromatic rings. The van der Waals surface area contributed by atoms with Crippen molar-refractivity contribution < 1.29 is 14.3 Å². The molecule has 1 heterocycles. The van der Waals surface area contributed by atoms with E-state index < -0.39 is 11.9 Å². The van der Waals surface area contributed by atoms with Crippen molar-refractivity contribution in [1.82, 2.24) is 4.98 Å². The topological polar surface area (TPSA) is 68.3 Å². The van der Waals surface area contributed by atoms with Gasteiger partial charge in [-0.25, -0.2) is 9.78 Å². The van der Waals surface area contributed by atoms with Gasteiger partial charge in [0.1, 0.15) is 5.82 Å². The van der Waals surface area contributed by atoms with Crippen molar-refractivity contribution in [2.45, 2.75) is 19.8 Å². The maximum absolute atomic E-state index is 11.9. The second-order valence-corrected chi connectivity index (χ2v) is 5.70. The number of aromatic nitrogens is 1. The minimum Gasteiger partial charge on any atom is -0.452 e. The maximum Gasteiger partial charge on any atom is 0.338 e. The van der Waals surface area contributed by atoms with Crippen molar-refractivity contribution in [2.75, 3.05) is 11.9 Å². The fraction of sp³-hybridized carbons (Fsp3) is 0.235. The summed E-state index contributed by atoms with van der Waals surface area (Å²) in [5.41, 5.74) is 1.54. The molecule has 1 aromatic carbocycles. The lowest BCUT2D eigenvalue weighted by Crippen LogP contribution is -2.21. The van der Waals surface area contributed by atoms with E-state index in [0.29, 0.717) is 22.3 Å². The number of ether oxygens (including phenoxy) is 1. The Bertz CT molecular complexity index is 682. The van der Waals surface area contributed by atoms with Crippen LogP contribution in [0.4, 0.5) is 5.82 Å². The zero-order valence-corrected chi connectivity index (χ0v) is 13.6. The summed E-state index contributed by atoms with van der Waals surface area (Å²) in [6.45, 7) is 3.76. The quantitative estimate of drug-likeness (QED) is 0.848. The summed E-state index contributed by atoms with van der Waals surface area (Å²) < 4.78 is 4.98. The SMILES string of the molecule is CC(C)c1ccc(C(=O)OCC(=O)Nc2ccc(Cl)cn2)cc1. The standard InChI is InChI=1S/C17H17ClN2O3/c1-11(2)12-3-5-13(6-4-12)17(22)23-10-16(21)20-15-8-7-14(18)9-19-15/h3-9,11H,10H2,1-2H3,(H,19,20,21). The van der Waals surface area contributed by atoms with Crippen molar-refractivity contribution in [3.63, 3.8) is 0 Å². The first-order valence-corrected chi connectivity index (χ1v) is 7.52. The number of pyridine rings is 1. The van der Waals surface area contributed by atoms with E-state index in [-0.39, 0.29) is 6.61 Å². The molecular formula is C17H17ClN2O3. The first kappa shape index (κ1) is 17.0. The molecular weight excluding hydrogens is 316 g/mol. The molecule has 5 nitrogen and oxygen atoms in total. The molecule has 0 bridgehead atoms. The molecule has 0 spiro atoms. The summed E-state index contributed by atoms with van der Waals surface area (Å²) in [5.74, 6) is -0.277. The van der Waals surface area contributed by atoms with E-state index in [9.17, 15) is 9.59 Å². The van der Waals surface area contributed by atoms with Crippen LogP contribution in [0.3, 0.4) is 0 Å². The largest absolute Gasteiger partial charge is 0.452 e. The van der Waals surface area contributed by atoms with Crippen LogP contribution in [-0.4, -0.2) is 23.5 Å². The third kappa shape index (κ3) is 5.07. The summed E-state index contributed by atoms with van der Waals surface area (Å²) in [5, 5.41) is 2.99. The van der Waals surface area contributed by atoms with Crippen LogP contribution in [0.25, 0.3) is 0 Å². The normalized spacial score (nSPS) is 10.4. The highest BCUT2D eigenvalue weighted by molar-refractivity contribution is 6.30. The summed E-state index contributed by atoms with van der Waals surface area (Å²) >= 11 is 5.70. The van der Waals surface area contributed by atoms with Crippen LogP contribution in [0, 0.1) is 0 Å².